The van der Waals surface area contributed by atoms with Gasteiger partial charge in [-0.15, -0.1) is 0 Å². The predicted molar refractivity (Wildman–Crippen MR) is 58.0 cm³/mol. The van der Waals surface area contributed by atoms with Gasteiger partial charge in [-0.25, -0.2) is 4.98 Å². The predicted octanol–water partition coefficient (Wildman–Crippen LogP) is 1.08. The van der Waals surface area contributed by atoms with Gasteiger partial charge in [0.05, 0.1) is 12.7 Å². The summed E-state index contributed by atoms with van der Waals surface area (Å²) >= 11 is 0. The SMILES string of the molecule is CCOc1ncccc1C(=O)N(C)CC#N. The van der Waals surface area contributed by atoms with E-state index in [1.165, 1.54) is 4.90 Å². The topological polar surface area (TPSA) is 66.2 Å². The molecular formula is C11H13N3O2. The Labute approximate surface area is 94.3 Å². The van der Waals surface area contributed by atoms with Crippen LogP contribution in [-0.4, -0.2) is 36.0 Å². The molecule has 0 aliphatic rings. The molecule has 0 unspecified atom stereocenters. The van der Waals surface area contributed by atoms with Crippen molar-refractivity contribution >= 4 is 5.91 Å². The van der Waals surface area contributed by atoms with Gasteiger partial charge in [0.25, 0.3) is 5.91 Å². The molecule has 5 heteroatoms. The Morgan fingerprint density at radius 3 is 3.06 bits per heavy atom. The maximum atomic E-state index is 11.9. The Morgan fingerprint density at radius 1 is 1.69 bits per heavy atom. The van der Waals surface area contributed by atoms with E-state index in [9.17, 15) is 4.79 Å². The number of hydrogen-bond donors (Lipinski definition) is 0. The summed E-state index contributed by atoms with van der Waals surface area (Å²) in [6.45, 7) is 2.31. The van der Waals surface area contributed by atoms with Crippen molar-refractivity contribution in [3.8, 4) is 11.9 Å². The van der Waals surface area contributed by atoms with Crippen LogP contribution in [0.2, 0.25) is 0 Å². The monoisotopic (exact) mass is 219 g/mol. The molecule has 16 heavy (non-hydrogen) atoms. The van der Waals surface area contributed by atoms with Crippen LogP contribution in [-0.2, 0) is 0 Å². The highest BCUT2D eigenvalue weighted by molar-refractivity contribution is 5.96. The van der Waals surface area contributed by atoms with Gasteiger partial charge in [-0.1, -0.05) is 0 Å². The van der Waals surface area contributed by atoms with Crippen molar-refractivity contribution < 1.29 is 9.53 Å². The minimum Gasteiger partial charge on any atom is -0.477 e. The molecule has 84 valence electrons. The Balaban J connectivity index is 2.94. The summed E-state index contributed by atoms with van der Waals surface area (Å²) in [4.78, 5) is 17.2. The number of nitrogens with zero attached hydrogens (tertiary/aromatic N) is 3. The van der Waals surface area contributed by atoms with Gasteiger partial charge in [-0.2, -0.15) is 5.26 Å². The van der Waals surface area contributed by atoms with E-state index >= 15 is 0 Å². The number of rotatable bonds is 4. The summed E-state index contributed by atoms with van der Waals surface area (Å²) in [5.74, 6) is 0.0397. The Bertz CT molecular complexity index is 412. The van der Waals surface area contributed by atoms with Crippen LogP contribution < -0.4 is 4.74 Å². The molecule has 0 aromatic carbocycles. The van der Waals surface area contributed by atoms with E-state index in [0.717, 1.165) is 0 Å². The lowest BCUT2D eigenvalue weighted by Gasteiger charge is -2.14. The molecule has 0 N–H and O–H groups in total. The van der Waals surface area contributed by atoms with Gasteiger partial charge in [-0.05, 0) is 19.1 Å². The number of nitriles is 1. The maximum Gasteiger partial charge on any atom is 0.259 e. The van der Waals surface area contributed by atoms with E-state index in [4.69, 9.17) is 10.00 Å². The van der Waals surface area contributed by atoms with Crippen LogP contribution in [0, 0.1) is 11.3 Å². The van der Waals surface area contributed by atoms with Crippen LogP contribution in [0.5, 0.6) is 5.88 Å². The molecule has 1 heterocycles. The van der Waals surface area contributed by atoms with Crippen molar-refractivity contribution in [1.29, 1.82) is 5.26 Å². The number of amides is 1. The zero-order chi connectivity index (χ0) is 12.0. The highest BCUT2D eigenvalue weighted by atomic mass is 16.5. The molecule has 1 aromatic heterocycles. The third-order valence-electron chi connectivity index (χ3n) is 1.94. The van der Waals surface area contributed by atoms with Crippen LogP contribution in [0.15, 0.2) is 18.3 Å². The molecule has 0 saturated heterocycles. The minimum atomic E-state index is -0.266. The van der Waals surface area contributed by atoms with Gasteiger partial charge in [-0.3, -0.25) is 4.79 Å². The first kappa shape index (κ1) is 12.0. The van der Waals surface area contributed by atoms with Crippen molar-refractivity contribution in [3.63, 3.8) is 0 Å². The molecule has 0 radical (unpaired) electrons. The fourth-order valence-electron chi connectivity index (χ4n) is 1.19. The first-order chi connectivity index (χ1) is 7.70. The zero-order valence-electron chi connectivity index (χ0n) is 9.30. The lowest BCUT2D eigenvalue weighted by atomic mass is 10.2. The summed E-state index contributed by atoms with van der Waals surface area (Å²) in [6.07, 6.45) is 1.56. The minimum absolute atomic E-state index is 0.0410. The number of aromatic nitrogens is 1. The number of pyridine rings is 1. The van der Waals surface area contributed by atoms with Crippen molar-refractivity contribution in [2.75, 3.05) is 20.2 Å². The molecule has 0 spiro atoms. The maximum absolute atomic E-state index is 11.9. The first-order valence-corrected chi connectivity index (χ1v) is 4.91. The lowest BCUT2D eigenvalue weighted by Crippen LogP contribution is -2.27. The molecular weight excluding hydrogens is 206 g/mol. The average Bonchev–Trinajstić information content (AvgIpc) is 2.29. The highest BCUT2D eigenvalue weighted by Crippen LogP contribution is 2.15. The van der Waals surface area contributed by atoms with E-state index in [1.807, 2.05) is 13.0 Å². The van der Waals surface area contributed by atoms with Gasteiger partial charge >= 0.3 is 0 Å². The number of carbonyl (C=O) groups is 1. The van der Waals surface area contributed by atoms with Crippen LogP contribution in [0.25, 0.3) is 0 Å². The Hall–Kier alpha value is -2.09. The molecule has 0 aliphatic carbocycles. The normalized spacial score (nSPS) is 9.31. The van der Waals surface area contributed by atoms with E-state index < -0.39 is 0 Å². The summed E-state index contributed by atoms with van der Waals surface area (Å²) in [7, 11) is 1.56. The van der Waals surface area contributed by atoms with Crippen molar-refractivity contribution in [3.05, 3.63) is 23.9 Å². The average molecular weight is 219 g/mol. The summed E-state index contributed by atoms with van der Waals surface area (Å²) < 4.78 is 5.24. The summed E-state index contributed by atoms with van der Waals surface area (Å²) in [5, 5.41) is 8.51. The molecule has 5 nitrogen and oxygen atoms in total. The second-order valence-corrected chi connectivity index (χ2v) is 3.11. The van der Waals surface area contributed by atoms with E-state index in [0.29, 0.717) is 18.1 Å². The van der Waals surface area contributed by atoms with Crippen LogP contribution >= 0.6 is 0 Å². The van der Waals surface area contributed by atoms with E-state index in [2.05, 4.69) is 4.98 Å². The van der Waals surface area contributed by atoms with Gasteiger partial charge in [0.15, 0.2) is 0 Å². The van der Waals surface area contributed by atoms with Crippen LogP contribution in [0.3, 0.4) is 0 Å². The molecule has 1 aromatic rings. The van der Waals surface area contributed by atoms with Crippen molar-refractivity contribution in [1.82, 2.24) is 9.88 Å². The highest BCUT2D eigenvalue weighted by Gasteiger charge is 2.16. The first-order valence-electron chi connectivity index (χ1n) is 4.91. The van der Waals surface area contributed by atoms with Crippen molar-refractivity contribution in [2.45, 2.75) is 6.92 Å². The fourth-order valence-corrected chi connectivity index (χ4v) is 1.19. The largest absolute Gasteiger partial charge is 0.477 e. The summed E-state index contributed by atoms with van der Waals surface area (Å²) in [6, 6.07) is 5.21. The Morgan fingerprint density at radius 2 is 2.44 bits per heavy atom. The molecule has 1 amide bonds. The Kier molecular flexibility index (Phi) is 4.28. The fraction of sp³-hybridized carbons (Fsp3) is 0.364. The van der Waals surface area contributed by atoms with E-state index in [1.54, 1.807) is 25.4 Å². The van der Waals surface area contributed by atoms with E-state index in [-0.39, 0.29) is 12.5 Å². The number of ether oxygens (including phenoxy) is 1. The molecule has 0 aliphatic heterocycles. The number of carbonyl (C=O) groups excluding carboxylic acids is 1. The molecule has 0 saturated carbocycles. The number of hydrogen-bond acceptors (Lipinski definition) is 4. The van der Waals surface area contributed by atoms with Gasteiger partial charge in [0, 0.05) is 13.2 Å². The summed E-state index contributed by atoms with van der Waals surface area (Å²) in [5.41, 5.74) is 0.377. The van der Waals surface area contributed by atoms with Gasteiger partial charge in [0.2, 0.25) is 5.88 Å². The molecule has 0 atom stereocenters. The zero-order valence-corrected chi connectivity index (χ0v) is 9.30. The second-order valence-electron chi connectivity index (χ2n) is 3.11. The molecule has 0 bridgehead atoms. The third-order valence-corrected chi connectivity index (χ3v) is 1.94. The molecule has 0 fully saturated rings. The lowest BCUT2D eigenvalue weighted by molar-refractivity contribution is 0.0807. The molecule has 1 rings (SSSR count). The third kappa shape index (κ3) is 2.70. The van der Waals surface area contributed by atoms with Gasteiger partial charge in [0.1, 0.15) is 12.1 Å². The smallest absolute Gasteiger partial charge is 0.259 e. The second kappa shape index (κ2) is 5.71. The van der Waals surface area contributed by atoms with Crippen molar-refractivity contribution in [2.24, 2.45) is 0 Å². The van der Waals surface area contributed by atoms with Crippen LogP contribution in [0.4, 0.5) is 0 Å². The quantitative estimate of drug-likeness (QED) is 0.710. The van der Waals surface area contributed by atoms with Crippen LogP contribution in [0.1, 0.15) is 17.3 Å². The van der Waals surface area contributed by atoms with Gasteiger partial charge < -0.3 is 9.64 Å². The standard InChI is InChI=1S/C11H13N3O2/c1-3-16-10-9(5-4-7-13-10)11(15)14(2)8-6-12/h4-5,7H,3,8H2,1-2H3.